The van der Waals surface area contributed by atoms with Gasteiger partial charge in [0.1, 0.15) is 0 Å². The third kappa shape index (κ3) is 13.9. The second kappa shape index (κ2) is 7.38. The minimum atomic E-state index is 0.206. The maximum atomic E-state index is 5.73. The van der Waals surface area contributed by atoms with Crippen molar-refractivity contribution in [3.05, 3.63) is 0 Å². The summed E-state index contributed by atoms with van der Waals surface area (Å²) >= 11 is 0. The van der Waals surface area contributed by atoms with Gasteiger partial charge in [0, 0.05) is 13.2 Å². The molecule has 0 rings (SSSR count). The molecular formula is C15H32O2. The van der Waals surface area contributed by atoms with Crippen LogP contribution in [0.1, 0.15) is 61.3 Å². The van der Waals surface area contributed by atoms with Crippen LogP contribution in [0.2, 0.25) is 0 Å². The number of rotatable bonds is 7. The summed E-state index contributed by atoms with van der Waals surface area (Å²) in [7, 11) is 0. The number of hydrogen-bond donors (Lipinski definition) is 0. The summed E-state index contributed by atoms with van der Waals surface area (Å²) in [6, 6.07) is 0. The number of hydrogen-bond acceptors (Lipinski definition) is 2. The molecule has 0 aliphatic heterocycles. The van der Waals surface area contributed by atoms with Crippen LogP contribution in [0.25, 0.3) is 0 Å². The lowest BCUT2D eigenvalue weighted by molar-refractivity contribution is -0.0185. The van der Waals surface area contributed by atoms with Crippen LogP contribution in [0, 0.1) is 10.8 Å². The van der Waals surface area contributed by atoms with E-state index in [0.29, 0.717) is 17.4 Å². The van der Waals surface area contributed by atoms with E-state index in [4.69, 9.17) is 9.47 Å². The lowest BCUT2D eigenvalue weighted by atomic mass is 9.93. The second-order valence-electron chi connectivity index (χ2n) is 7.38. The molecule has 104 valence electrons. The first kappa shape index (κ1) is 16.9. The van der Waals surface area contributed by atoms with Crippen LogP contribution in [0.4, 0.5) is 0 Å². The Morgan fingerprint density at radius 1 is 0.824 bits per heavy atom. The molecule has 0 aliphatic rings. The van der Waals surface area contributed by atoms with Gasteiger partial charge < -0.3 is 9.47 Å². The van der Waals surface area contributed by atoms with E-state index in [9.17, 15) is 0 Å². The van der Waals surface area contributed by atoms with Crippen molar-refractivity contribution in [1.29, 1.82) is 0 Å². The van der Waals surface area contributed by atoms with E-state index in [1.165, 1.54) is 0 Å². The Labute approximate surface area is 108 Å². The lowest BCUT2D eigenvalue weighted by Gasteiger charge is -2.21. The van der Waals surface area contributed by atoms with Gasteiger partial charge in [0.05, 0.1) is 12.7 Å². The molecule has 0 heterocycles. The molecule has 0 aromatic heterocycles. The fraction of sp³-hybridized carbons (Fsp3) is 1.00. The summed E-state index contributed by atoms with van der Waals surface area (Å²) in [5.41, 5.74) is 0.711. The summed E-state index contributed by atoms with van der Waals surface area (Å²) in [5, 5.41) is 0. The molecule has 0 aromatic rings. The lowest BCUT2D eigenvalue weighted by Crippen LogP contribution is -2.20. The quantitative estimate of drug-likeness (QED) is 0.622. The van der Waals surface area contributed by atoms with Gasteiger partial charge in [-0.1, -0.05) is 41.5 Å². The van der Waals surface area contributed by atoms with Crippen LogP contribution >= 0.6 is 0 Å². The molecule has 0 aromatic carbocycles. The van der Waals surface area contributed by atoms with Crippen LogP contribution < -0.4 is 0 Å². The molecule has 1 unspecified atom stereocenters. The predicted molar refractivity (Wildman–Crippen MR) is 74.4 cm³/mol. The Kier molecular flexibility index (Phi) is 7.34. The largest absolute Gasteiger partial charge is 0.379 e. The highest BCUT2D eigenvalue weighted by atomic mass is 16.5. The molecule has 0 amide bonds. The maximum Gasteiger partial charge on any atom is 0.0780 e. The SMILES string of the molecule is CC(COCCC(C)(C)C)OCCC(C)(C)C. The molecule has 0 saturated heterocycles. The van der Waals surface area contributed by atoms with Crippen molar-refractivity contribution in [2.75, 3.05) is 19.8 Å². The first-order valence-corrected chi connectivity index (χ1v) is 6.79. The zero-order valence-electron chi connectivity index (χ0n) is 12.9. The van der Waals surface area contributed by atoms with Crippen LogP contribution in [0.15, 0.2) is 0 Å². The average molecular weight is 244 g/mol. The van der Waals surface area contributed by atoms with E-state index in [1.54, 1.807) is 0 Å². The molecule has 0 spiro atoms. The molecule has 17 heavy (non-hydrogen) atoms. The highest BCUT2D eigenvalue weighted by molar-refractivity contribution is 4.62. The normalized spacial score (nSPS) is 15.0. The van der Waals surface area contributed by atoms with Gasteiger partial charge in [-0.2, -0.15) is 0 Å². The zero-order valence-corrected chi connectivity index (χ0v) is 12.9. The first-order valence-electron chi connectivity index (χ1n) is 6.79. The van der Waals surface area contributed by atoms with Crippen LogP contribution in [0.5, 0.6) is 0 Å². The average Bonchev–Trinajstić information content (AvgIpc) is 2.09. The highest BCUT2D eigenvalue weighted by Gasteiger charge is 2.12. The predicted octanol–water partition coefficient (Wildman–Crippen LogP) is 4.28. The van der Waals surface area contributed by atoms with Gasteiger partial charge in [0.25, 0.3) is 0 Å². The topological polar surface area (TPSA) is 18.5 Å². The van der Waals surface area contributed by atoms with E-state index in [1.807, 2.05) is 0 Å². The summed E-state index contributed by atoms with van der Waals surface area (Å²) < 4.78 is 11.4. The zero-order chi connectivity index (χ0) is 13.5. The first-order chi connectivity index (χ1) is 7.60. The summed E-state index contributed by atoms with van der Waals surface area (Å²) in [4.78, 5) is 0. The third-order valence-electron chi connectivity index (χ3n) is 2.60. The van der Waals surface area contributed by atoms with Gasteiger partial charge in [0.15, 0.2) is 0 Å². The molecule has 0 fully saturated rings. The van der Waals surface area contributed by atoms with Crippen molar-refractivity contribution in [3.8, 4) is 0 Å². The molecule has 0 saturated carbocycles. The van der Waals surface area contributed by atoms with Crippen LogP contribution in [0.3, 0.4) is 0 Å². The van der Waals surface area contributed by atoms with Crippen LogP contribution in [-0.4, -0.2) is 25.9 Å². The van der Waals surface area contributed by atoms with Gasteiger partial charge in [-0.05, 0) is 30.6 Å². The molecule has 1 atom stereocenters. The van der Waals surface area contributed by atoms with E-state index in [2.05, 4.69) is 48.5 Å². The molecule has 2 heteroatoms. The monoisotopic (exact) mass is 244 g/mol. The van der Waals surface area contributed by atoms with Crippen molar-refractivity contribution >= 4 is 0 Å². The standard InChI is InChI=1S/C15H32O2/c1-13(17-11-9-15(5,6)7)12-16-10-8-14(2,3)4/h13H,8-12H2,1-7H3. The summed E-state index contributed by atoms with van der Waals surface area (Å²) in [6.07, 6.45) is 2.40. The van der Waals surface area contributed by atoms with Gasteiger partial charge in [-0.15, -0.1) is 0 Å². The van der Waals surface area contributed by atoms with E-state index in [0.717, 1.165) is 26.1 Å². The Morgan fingerprint density at radius 2 is 1.29 bits per heavy atom. The van der Waals surface area contributed by atoms with Crippen molar-refractivity contribution in [2.24, 2.45) is 10.8 Å². The van der Waals surface area contributed by atoms with Crippen molar-refractivity contribution in [3.63, 3.8) is 0 Å². The molecular weight excluding hydrogens is 212 g/mol. The van der Waals surface area contributed by atoms with E-state index >= 15 is 0 Å². The van der Waals surface area contributed by atoms with Gasteiger partial charge in [-0.3, -0.25) is 0 Å². The molecule has 0 aliphatic carbocycles. The molecule has 0 N–H and O–H groups in total. The number of ether oxygens (including phenoxy) is 2. The summed E-state index contributed by atoms with van der Waals surface area (Å²) in [5.74, 6) is 0. The van der Waals surface area contributed by atoms with Crippen LogP contribution in [-0.2, 0) is 9.47 Å². The Bertz CT molecular complexity index is 186. The maximum absolute atomic E-state index is 5.73. The fourth-order valence-corrected chi connectivity index (χ4v) is 1.24. The summed E-state index contributed by atoms with van der Waals surface area (Å²) in [6.45, 7) is 17.9. The van der Waals surface area contributed by atoms with Gasteiger partial charge in [-0.25, -0.2) is 0 Å². The fourth-order valence-electron chi connectivity index (χ4n) is 1.24. The van der Waals surface area contributed by atoms with Gasteiger partial charge in [0.2, 0.25) is 0 Å². The third-order valence-corrected chi connectivity index (χ3v) is 2.60. The smallest absolute Gasteiger partial charge is 0.0780 e. The van der Waals surface area contributed by atoms with Crippen molar-refractivity contribution < 1.29 is 9.47 Å². The Hall–Kier alpha value is -0.0800. The highest BCUT2D eigenvalue weighted by Crippen LogP contribution is 2.19. The van der Waals surface area contributed by atoms with Crippen molar-refractivity contribution in [2.45, 2.75) is 67.4 Å². The molecule has 0 bridgehead atoms. The molecule has 0 radical (unpaired) electrons. The van der Waals surface area contributed by atoms with E-state index in [-0.39, 0.29) is 6.10 Å². The minimum Gasteiger partial charge on any atom is -0.379 e. The molecule has 2 nitrogen and oxygen atoms in total. The van der Waals surface area contributed by atoms with Crippen molar-refractivity contribution in [1.82, 2.24) is 0 Å². The Morgan fingerprint density at radius 3 is 1.76 bits per heavy atom. The van der Waals surface area contributed by atoms with Gasteiger partial charge >= 0.3 is 0 Å². The Balaban J connectivity index is 3.44. The minimum absolute atomic E-state index is 0.206. The van der Waals surface area contributed by atoms with E-state index < -0.39 is 0 Å². The second-order valence-corrected chi connectivity index (χ2v) is 7.38.